The summed E-state index contributed by atoms with van der Waals surface area (Å²) in [5.41, 5.74) is 1.74. The number of ether oxygens (including phenoxy) is 1. The molecule has 136 valence electrons. The molecule has 1 fully saturated rings. The molecule has 5 heteroatoms. The molecule has 1 unspecified atom stereocenters. The molecule has 1 amide bonds. The Morgan fingerprint density at radius 1 is 1.15 bits per heavy atom. The molecule has 1 atom stereocenters. The second-order valence-electron chi connectivity index (χ2n) is 6.45. The molecule has 4 nitrogen and oxygen atoms in total. The standard InChI is InChI=1S/C21H22BrNO3/c1-26-18-5-2-4-16(14-18)19-6-3-13-23(19)21(25)12-11-20(24)15-7-9-17(22)10-8-15/h2,4-5,7-10,14,19H,3,6,11-13H2,1H3. The van der Waals surface area contributed by atoms with Crippen LogP contribution in [0.15, 0.2) is 53.0 Å². The van der Waals surface area contributed by atoms with Crippen LogP contribution in [0.4, 0.5) is 0 Å². The number of amides is 1. The number of benzene rings is 2. The van der Waals surface area contributed by atoms with Crippen molar-refractivity contribution < 1.29 is 14.3 Å². The van der Waals surface area contributed by atoms with Crippen LogP contribution in [0.1, 0.15) is 47.6 Å². The van der Waals surface area contributed by atoms with E-state index < -0.39 is 0 Å². The Morgan fingerprint density at radius 2 is 1.92 bits per heavy atom. The molecule has 0 saturated carbocycles. The number of hydrogen-bond donors (Lipinski definition) is 0. The maximum Gasteiger partial charge on any atom is 0.223 e. The molecule has 2 aromatic carbocycles. The van der Waals surface area contributed by atoms with Crippen molar-refractivity contribution in [1.82, 2.24) is 4.90 Å². The monoisotopic (exact) mass is 415 g/mol. The number of carbonyl (C=O) groups is 2. The largest absolute Gasteiger partial charge is 0.497 e. The van der Waals surface area contributed by atoms with Crippen LogP contribution >= 0.6 is 15.9 Å². The zero-order chi connectivity index (χ0) is 18.5. The Bertz CT molecular complexity index is 788. The number of hydrogen-bond acceptors (Lipinski definition) is 3. The molecule has 2 aromatic rings. The zero-order valence-electron chi connectivity index (χ0n) is 14.8. The van der Waals surface area contributed by atoms with Gasteiger partial charge in [0, 0.05) is 29.4 Å². The van der Waals surface area contributed by atoms with Gasteiger partial charge in [-0.15, -0.1) is 0 Å². The fraction of sp³-hybridized carbons (Fsp3) is 0.333. The quantitative estimate of drug-likeness (QED) is 0.637. The Morgan fingerprint density at radius 3 is 2.65 bits per heavy atom. The fourth-order valence-electron chi connectivity index (χ4n) is 3.40. The van der Waals surface area contributed by atoms with Crippen molar-refractivity contribution in [3.63, 3.8) is 0 Å². The number of ketones is 1. The maximum absolute atomic E-state index is 12.7. The predicted octanol–water partition coefficient (Wildman–Crippen LogP) is 4.78. The lowest BCUT2D eigenvalue weighted by Gasteiger charge is -2.25. The van der Waals surface area contributed by atoms with Gasteiger partial charge in [0.2, 0.25) is 5.91 Å². The van der Waals surface area contributed by atoms with Crippen LogP contribution in [-0.2, 0) is 4.79 Å². The third-order valence-electron chi connectivity index (χ3n) is 4.78. The van der Waals surface area contributed by atoms with Crippen LogP contribution < -0.4 is 4.74 Å². The molecule has 1 heterocycles. The Labute approximate surface area is 162 Å². The van der Waals surface area contributed by atoms with E-state index in [1.807, 2.05) is 41.3 Å². The van der Waals surface area contributed by atoms with Crippen LogP contribution in [0.3, 0.4) is 0 Å². The zero-order valence-corrected chi connectivity index (χ0v) is 16.4. The van der Waals surface area contributed by atoms with Gasteiger partial charge >= 0.3 is 0 Å². The van der Waals surface area contributed by atoms with Crippen molar-refractivity contribution in [2.24, 2.45) is 0 Å². The highest BCUT2D eigenvalue weighted by molar-refractivity contribution is 9.10. The first-order chi connectivity index (χ1) is 12.6. The molecular formula is C21H22BrNO3. The molecule has 0 spiro atoms. The van der Waals surface area contributed by atoms with Crippen LogP contribution in [0.25, 0.3) is 0 Å². The average Bonchev–Trinajstić information content (AvgIpc) is 3.16. The summed E-state index contributed by atoms with van der Waals surface area (Å²) in [7, 11) is 1.64. The minimum Gasteiger partial charge on any atom is -0.497 e. The highest BCUT2D eigenvalue weighted by Gasteiger charge is 2.30. The summed E-state index contributed by atoms with van der Waals surface area (Å²) >= 11 is 3.36. The Hall–Kier alpha value is -2.14. The van der Waals surface area contributed by atoms with Crippen LogP contribution in [-0.4, -0.2) is 30.2 Å². The summed E-state index contributed by atoms with van der Waals surface area (Å²) in [5, 5.41) is 0. The molecule has 0 N–H and O–H groups in total. The van der Waals surface area contributed by atoms with Gasteiger partial charge in [0.1, 0.15) is 5.75 Å². The molecule has 0 aliphatic carbocycles. The molecule has 1 saturated heterocycles. The van der Waals surface area contributed by atoms with Gasteiger partial charge in [-0.2, -0.15) is 0 Å². The molecule has 3 rings (SSSR count). The number of Topliss-reactive ketones (excluding diaryl/α,β-unsaturated/α-hetero) is 1. The summed E-state index contributed by atoms with van der Waals surface area (Å²) in [5.74, 6) is 0.843. The van der Waals surface area contributed by atoms with Crippen molar-refractivity contribution in [2.45, 2.75) is 31.7 Å². The van der Waals surface area contributed by atoms with E-state index in [1.54, 1.807) is 19.2 Å². The number of halogens is 1. The number of likely N-dealkylation sites (tertiary alicyclic amines) is 1. The van der Waals surface area contributed by atoms with Gasteiger partial charge in [0.05, 0.1) is 13.2 Å². The van der Waals surface area contributed by atoms with Crippen LogP contribution in [0.5, 0.6) is 5.75 Å². The highest BCUT2D eigenvalue weighted by atomic mass is 79.9. The lowest BCUT2D eigenvalue weighted by molar-refractivity contribution is -0.132. The topological polar surface area (TPSA) is 46.6 Å². The first kappa shape index (κ1) is 18.6. The number of methoxy groups -OCH3 is 1. The van der Waals surface area contributed by atoms with Crippen molar-refractivity contribution in [1.29, 1.82) is 0 Å². The van der Waals surface area contributed by atoms with Crippen molar-refractivity contribution in [3.8, 4) is 5.75 Å². The summed E-state index contributed by atoms with van der Waals surface area (Å²) in [6, 6.07) is 15.2. The van der Waals surface area contributed by atoms with E-state index in [4.69, 9.17) is 4.74 Å². The summed E-state index contributed by atoms with van der Waals surface area (Å²) < 4.78 is 6.23. The minimum absolute atomic E-state index is 0.00276. The normalized spacial score (nSPS) is 16.5. The lowest BCUT2D eigenvalue weighted by Crippen LogP contribution is -2.30. The van der Waals surface area contributed by atoms with Gasteiger partial charge in [0.25, 0.3) is 0 Å². The Kier molecular flexibility index (Phi) is 6.09. The van der Waals surface area contributed by atoms with Gasteiger partial charge in [0.15, 0.2) is 5.78 Å². The number of rotatable bonds is 6. The summed E-state index contributed by atoms with van der Waals surface area (Å²) in [4.78, 5) is 26.9. The highest BCUT2D eigenvalue weighted by Crippen LogP contribution is 2.34. The first-order valence-electron chi connectivity index (χ1n) is 8.80. The SMILES string of the molecule is COc1cccc(C2CCCN2C(=O)CCC(=O)c2ccc(Br)cc2)c1. The summed E-state index contributed by atoms with van der Waals surface area (Å²) in [6.07, 6.45) is 2.41. The van der Waals surface area contributed by atoms with Gasteiger partial charge in [-0.05, 0) is 42.7 Å². The van der Waals surface area contributed by atoms with Crippen LogP contribution in [0.2, 0.25) is 0 Å². The molecule has 0 aromatic heterocycles. The molecule has 0 bridgehead atoms. The van der Waals surface area contributed by atoms with Crippen molar-refractivity contribution in [3.05, 3.63) is 64.1 Å². The maximum atomic E-state index is 12.7. The van der Waals surface area contributed by atoms with E-state index in [9.17, 15) is 9.59 Å². The van der Waals surface area contributed by atoms with Crippen molar-refractivity contribution >= 4 is 27.6 Å². The molecular weight excluding hydrogens is 394 g/mol. The Balaban J connectivity index is 1.63. The molecule has 26 heavy (non-hydrogen) atoms. The van der Waals surface area contributed by atoms with E-state index >= 15 is 0 Å². The van der Waals surface area contributed by atoms with E-state index in [1.165, 1.54) is 0 Å². The van der Waals surface area contributed by atoms with Gasteiger partial charge in [-0.25, -0.2) is 0 Å². The van der Waals surface area contributed by atoms with Gasteiger partial charge < -0.3 is 9.64 Å². The second kappa shape index (κ2) is 8.49. The second-order valence-corrected chi connectivity index (χ2v) is 7.37. The number of carbonyl (C=O) groups excluding carboxylic acids is 2. The van der Waals surface area contributed by atoms with Gasteiger partial charge in [-0.1, -0.05) is 40.2 Å². The fourth-order valence-corrected chi connectivity index (χ4v) is 3.67. The minimum atomic E-state index is 0.00276. The third-order valence-corrected chi connectivity index (χ3v) is 5.31. The lowest BCUT2D eigenvalue weighted by atomic mass is 10.0. The summed E-state index contributed by atoms with van der Waals surface area (Å²) in [6.45, 7) is 0.743. The van der Waals surface area contributed by atoms with Crippen LogP contribution in [0, 0.1) is 0 Å². The third kappa shape index (κ3) is 4.33. The molecule has 1 aliphatic heterocycles. The van der Waals surface area contributed by atoms with E-state index in [-0.39, 0.29) is 30.6 Å². The van der Waals surface area contributed by atoms with E-state index in [2.05, 4.69) is 15.9 Å². The number of nitrogens with zero attached hydrogens (tertiary/aromatic N) is 1. The molecule has 1 aliphatic rings. The van der Waals surface area contributed by atoms with E-state index in [0.29, 0.717) is 5.56 Å². The smallest absolute Gasteiger partial charge is 0.223 e. The van der Waals surface area contributed by atoms with E-state index in [0.717, 1.165) is 35.2 Å². The predicted molar refractivity (Wildman–Crippen MR) is 104 cm³/mol. The first-order valence-corrected chi connectivity index (χ1v) is 9.60. The molecule has 0 radical (unpaired) electrons. The van der Waals surface area contributed by atoms with Gasteiger partial charge in [-0.3, -0.25) is 9.59 Å². The average molecular weight is 416 g/mol. The van der Waals surface area contributed by atoms with Crippen molar-refractivity contribution in [2.75, 3.05) is 13.7 Å².